The molecule has 1 N–H and O–H groups in total. The van der Waals surface area contributed by atoms with Gasteiger partial charge in [-0.1, -0.05) is 12.8 Å². The van der Waals surface area contributed by atoms with Crippen molar-refractivity contribution in [3.63, 3.8) is 0 Å². The normalized spacial score (nSPS) is 19.9. The van der Waals surface area contributed by atoms with E-state index < -0.39 is 0 Å². The smallest absolute Gasteiger partial charge is 0.270 e. The first-order valence-corrected chi connectivity index (χ1v) is 7.35. The van der Waals surface area contributed by atoms with Crippen molar-refractivity contribution in [3.05, 3.63) is 24.0 Å². The lowest BCUT2D eigenvalue weighted by Crippen LogP contribution is -2.27. The first-order chi connectivity index (χ1) is 9.33. The maximum absolute atomic E-state index is 11.9. The van der Waals surface area contributed by atoms with E-state index in [1.807, 2.05) is 18.3 Å². The zero-order valence-corrected chi connectivity index (χ0v) is 11.3. The lowest BCUT2D eigenvalue weighted by atomic mass is 10.2. The summed E-state index contributed by atoms with van der Waals surface area (Å²) in [5.41, 5.74) is 1.68. The van der Waals surface area contributed by atoms with Crippen LogP contribution in [0.3, 0.4) is 0 Å². The van der Waals surface area contributed by atoms with E-state index in [4.69, 9.17) is 0 Å². The van der Waals surface area contributed by atoms with Crippen LogP contribution in [0, 0.1) is 0 Å². The highest BCUT2D eigenvalue weighted by molar-refractivity contribution is 5.92. The Bertz CT molecular complexity index is 431. The van der Waals surface area contributed by atoms with Gasteiger partial charge >= 0.3 is 0 Å². The number of carbonyl (C=O) groups is 1. The molecule has 0 bridgehead atoms. The second-order valence-electron chi connectivity index (χ2n) is 5.55. The van der Waals surface area contributed by atoms with E-state index >= 15 is 0 Å². The third-order valence-corrected chi connectivity index (χ3v) is 3.86. The number of carbonyl (C=O) groups excluding carboxylic acids is 1. The number of nitrogens with zero attached hydrogens (tertiary/aromatic N) is 2. The van der Waals surface area contributed by atoms with Crippen LogP contribution in [0.2, 0.25) is 0 Å². The van der Waals surface area contributed by atoms with E-state index in [0.29, 0.717) is 11.7 Å². The zero-order chi connectivity index (χ0) is 13.1. The van der Waals surface area contributed by atoms with Gasteiger partial charge in [0, 0.05) is 19.1 Å². The van der Waals surface area contributed by atoms with Crippen molar-refractivity contribution in [1.29, 1.82) is 0 Å². The van der Waals surface area contributed by atoms with E-state index in [0.717, 1.165) is 31.6 Å². The zero-order valence-electron chi connectivity index (χ0n) is 11.3. The molecule has 1 aromatic heterocycles. The third kappa shape index (κ3) is 3.25. The molecule has 19 heavy (non-hydrogen) atoms. The number of rotatable bonds is 3. The van der Waals surface area contributed by atoms with Crippen LogP contribution in [0.4, 0.5) is 5.69 Å². The van der Waals surface area contributed by atoms with Gasteiger partial charge in [-0.25, -0.2) is 4.98 Å². The van der Waals surface area contributed by atoms with Gasteiger partial charge in [-0.2, -0.15) is 0 Å². The molecule has 0 aromatic carbocycles. The Morgan fingerprint density at radius 2 is 1.89 bits per heavy atom. The second kappa shape index (κ2) is 5.59. The molecular weight excluding hydrogens is 238 g/mol. The number of amides is 1. The van der Waals surface area contributed by atoms with Gasteiger partial charge in [0.1, 0.15) is 5.69 Å². The van der Waals surface area contributed by atoms with Crippen molar-refractivity contribution in [2.45, 2.75) is 44.6 Å². The van der Waals surface area contributed by atoms with Crippen LogP contribution < -0.4 is 10.2 Å². The van der Waals surface area contributed by atoms with Crippen LogP contribution in [0.25, 0.3) is 0 Å². The fourth-order valence-corrected chi connectivity index (χ4v) is 2.52. The highest BCUT2D eigenvalue weighted by Crippen LogP contribution is 2.20. The van der Waals surface area contributed by atoms with Crippen molar-refractivity contribution in [3.8, 4) is 0 Å². The Balaban J connectivity index is 1.65. The van der Waals surface area contributed by atoms with Crippen molar-refractivity contribution in [1.82, 2.24) is 10.3 Å². The number of hydrogen-bond donors (Lipinski definition) is 1. The molecule has 2 heterocycles. The fourth-order valence-electron chi connectivity index (χ4n) is 2.52. The predicted molar refractivity (Wildman–Crippen MR) is 75.4 cm³/mol. The molecule has 4 nitrogen and oxygen atoms in total. The Labute approximate surface area is 114 Å². The van der Waals surface area contributed by atoms with Gasteiger partial charge < -0.3 is 10.2 Å². The number of nitrogens with one attached hydrogen (secondary N) is 1. The molecule has 0 radical (unpaired) electrons. The third-order valence-electron chi connectivity index (χ3n) is 3.86. The van der Waals surface area contributed by atoms with Crippen LogP contribution in [0.5, 0.6) is 0 Å². The van der Waals surface area contributed by atoms with Crippen LogP contribution in [-0.2, 0) is 0 Å². The summed E-state index contributed by atoms with van der Waals surface area (Å²) in [6.07, 6.45) is 9.22. The van der Waals surface area contributed by atoms with Crippen LogP contribution in [0.15, 0.2) is 18.3 Å². The minimum Gasteiger partial charge on any atom is -0.370 e. The maximum atomic E-state index is 11.9. The highest BCUT2D eigenvalue weighted by Gasteiger charge is 2.24. The summed E-state index contributed by atoms with van der Waals surface area (Å²) in [6.45, 7) is 2.21. The Kier molecular flexibility index (Phi) is 3.67. The summed E-state index contributed by atoms with van der Waals surface area (Å²) in [6, 6.07) is 4.26. The summed E-state index contributed by atoms with van der Waals surface area (Å²) >= 11 is 0. The van der Waals surface area contributed by atoms with Crippen molar-refractivity contribution < 1.29 is 4.79 Å². The molecule has 1 amide bonds. The lowest BCUT2D eigenvalue weighted by molar-refractivity contribution is 0.0946. The highest BCUT2D eigenvalue weighted by atomic mass is 16.2. The van der Waals surface area contributed by atoms with Gasteiger partial charge in [0.2, 0.25) is 0 Å². The summed E-state index contributed by atoms with van der Waals surface area (Å²) in [4.78, 5) is 18.5. The van der Waals surface area contributed by atoms with Crippen molar-refractivity contribution >= 4 is 11.6 Å². The van der Waals surface area contributed by atoms with E-state index in [9.17, 15) is 4.79 Å². The van der Waals surface area contributed by atoms with E-state index in [-0.39, 0.29) is 5.91 Å². The van der Waals surface area contributed by atoms with Crippen LogP contribution in [0.1, 0.15) is 49.0 Å². The monoisotopic (exact) mass is 259 g/mol. The average Bonchev–Trinajstić information content (AvgIpc) is 3.25. The number of hydrogen-bond acceptors (Lipinski definition) is 3. The van der Waals surface area contributed by atoms with E-state index in [1.54, 1.807) is 0 Å². The largest absolute Gasteiger partial charge is 0.370 e. The van der Waals surface area contributed by atoms with Gasteiger partial charge in [-0.05, 0) is 37.8 Å². The Hall–Kier alpha value is -1.58. The average molecular weight is 259 g/mol. The molecule has 0 spiro atoms. The Morgan fingerprint density at radius 1 is 1.16 bits per heavy atom. The molecule has 1 saturated carbocycles. The van der Waals surface area contributed by atoms with Gasteiger partial charge in [0.05, 0.1) is 11.9 Å². The van der Waals surface area contributed by atoms with Crippen molar-refractivity contribution in [2.75, 3.05) is 18.0 Å². The topological polar surface area (TPSA) is 45.2 Å². The molecule has 1 saturated heterocycles. The summed E-state index contributed by atoms with van der Waals surface area (Å²) < 4.78 is 0. The van der Waals surface area contributed by atoms with Crippen LogP contribution >= 0.6 is 0 Å². The lowest BCUT2D eigenvalue weighted by Gasteiger charge is -2.22. The molecule has 2 fully saturated rings. The van der Waals surface area contributed by atoms with E-state index in [1.165, 1.54) is 25.7 Å². The fraction of sp³-hybridized carbons (Fsp3) is 0.600. The minimum absolute atomic E-state index is 0.0371. The summed E-state index contributed by atoms with van der Waals surface area (Å²) in [5.74, 6) is -0.0371. The SMILES string of the molecule is O=C(NC1CC1)c1ccc(N2CCCCCC2)cn1. The molecule has 102 valence electrons. The van der Waals surface area contributed by atoms with Gasteiger partial charge in [-0.3, -0.25) is 4.79 Å². The molecular formula is C15H21N3O. The van der Waals surface area contributed by atoms with E-state index in [2.05, 4.69) is 15.2 Å². The number of aromatic nitrogens is 1. The quantitative estimate of drug-likeness (QED) is 0.906. The number of anilines is 1. The molecule has 1 aliphatic heterocycles. The molecule has 0 atom stereocenters. The summed E-state index contributed by atoms with van der Waals surface area (Å²) in [7, 11) is 0. The second-order valence-corrected chi connectivity index (χ2v) is 5.55. The number of pyridine rings is 1. The Morgan fingerprint density at radius 3 is 2.47 bits per heavy atom. The summed E-state index contributed by atoms with van der Waals surface area (Å²) in [5, 5.41) is 2.96. The molecule has 3 rings (SSSR count). The molecule has 2 aliphatic rings. The standard InChI is InChI=1S/C15H21N3O/c19-15(17-12-5-6-12)14-8-7-13(11-16-14)18-9-3-1-2-4-10-18/h7-8,11-12H,1-6,9-10H2,(H,17,19). The molecule has 1 aliphatic carbocycles. The van der Waals surface area contributed by atoms with Crippen molar-refractivity contribution in [2.24, 2.45) is 0 Å². The molecule has 1 aromatic rings. The molecule has 4 heteroatoms. The first-order valence-electron chi connectivity index (χ1n) is 7.35. The van der Waals surface area contributed by atoms with Gasteiger partial charge in [0.25, 0.3) is 5.91 Å². The first kappa shape index (κ1) is 12.5. The van der Waals surface area contributed by atoms with Crippen LogP contribution in [-0.4, -0.2) is 30.0 Å². The predicted octanol–water partition coefficient (Wildman–Crippen LogP) is 2.35. The van der Waals surface area contributed by atoms with Gasteiger partial charge in [0.15, 0.2) is 0 Å². The molecule has 0 unspecified atom stereocenters. The minimum atomic E-state index is -0.0371. The maximum Gasteiger partial charge on any atom is 0.270 e. The van der Waals surface area contributed by atoms with Gasteiger partial charge in [-0.15, -0.1) is 0 Å².